The van der Waals surface area contributed by atoms with Crippen molar-refractivity contribution in [1.82, 2.24) is 0 Å². The second-order valence-corrected chi connectivity index (χ2v) is 11.8. The smallest absolute Gasteiger partial charge is 0.0809 e. The van der Waals surface area contributed by atoms with Gasteiger partial charge in [0.1, 0.15) is 0 Å². The fourth-order valence-corrected chi connectivity index (χ4v) is 7.63. The minimum Gasteiger partial charge on any atom is -0.390 e. The highest BCUT2D eigenvalue weighted by Gasteiger charge is 2.51. The van der Waals surface area contributed by atoms with E-state index in [1.165, 1.54) is 32.1 Å². The number of aliphatic hydroxyl groups is 3. The van der Waals surface area contributed by atoms with Crippen molar-refractivity contribution in [2.45, 2.75) is 123 Å². The lowest BCUT2D eigenvalue weighted by atomic mass is 9.59. The molecule has 0 aromatic heterocycles. The monoisotopic (exact) mass is 458 g/mol. The highest BCUT2D eigenvalue weighted by Crippen LogP contribution is 2.60. The van der Waals surface area contributed by atoms with Gasteiger partial charge in [0, 0.05) is 0 Å². The third-order valence-electron chi connectivity index (χ3n) is 10.2. The molecule has 0 bridgehead atoms. The fourth-order valence-electron chi connectivity index (χ4n) is 7.63. The number of hydrogen-bond acceptors (Lipinski definition) is 3. The Bertz CT molecular complexity index is 730. The van der Waals surface area contributed by atoms with Crippen molar-refractivity contribution in [3.05, 3.63) is 35.5 Å². The molecule has 0 spiro atoms. The molecule has 0 aliphatic heterocycles. The molecule has 3 heteroatoms. The van der Waals surface area contributed by atoms with E-state index in [1.807, 2.05) is 0 Å². The van der Waals surface area contributed by atoms with E-state index in [9.17, 15) is 15.3 Å². The molecule has 0 unspecified atom stereocenters. The second kappa shape index (κ2) is 10.8. The molecule has 3 N–H and O–H groups in total. The maximum absolute atomic E-state index is 11.1. The first-order valence-electron chi connectivity index (χ1n) is 13.7. The summed E-state index contributed by atoms with van der Waals surface area (Å²) in [5.74, 6) is 2.55. The van der Waals surface area contributed by atoms with Crippen LogP contribution in [0.25, 0.3) is 0 Å². The molecule has 3 fully saturated rings. The Morgan fingerprint density at radius 3 is 2.30 bits per heavy atom. The predicted molar refractivity (Wildman–Crippen MR) is 138 cm³/mol. The molecule has 3 nitrogen and oxygen atoms in total. The van der Waals surface area contributed by atoms with Crippen LogP contribution in [0.3, 0.4) is 0 Å². The molecule has 0 aromatic rings. The van der Waals surface area contributed by atoms with Crippen LogP contribution in [0.2, 0.25) is 0 Å². The zero-order chi connectivity index (χ0) is 24.4. The van der Waals surface area contributed by atoms with Crippen molar-refractivity contribution in [2.75, 3.05) is 0 Å². The van der Waals surface area contributed by atoms with Crippen LogP contribution in [-0.4, -0.2) is 33.1 Å². The lowest BCUT2D eigenvalue weighted by molar-refractivity contribution is -0.0162. The number of allylic oxidation sites excluding steroid dienone is 3. The lowest BCUT2D eigenvalue weighted by Crippen LogP contribution is -2.40. The summed E-state index contributed by atoms with van der Waals surface area (Å²) < 4.78 is 0. The van der Waals surface area contributed by atoms with Gasteiger partial charge in [-0.3, -0.25) is 0 Å². The minimum absolute atomic E-state index is 0.339. The zero-order valence-corrected chi connectivity index (χ0v) is 21.9. The molecule has 0 amide bonds. The van der Waals surface area contributed by atoms with E-state index in [0.29, 0.717) is 47.5 Å². The largest absolute Gasteiger partial charge is 0.390 e. The summed E-state index contributed by atoms with van der Waals surface area (Å²) in [6.45, 7) is 15.4. The summed E-state index contributed by atoms with van der Waals surface area (Å²) in [4.78, 5) is 0. The highest BCUT2D eigenvalue weighted by molar-refractivity contribution is 5.29. The third-order valence-corrected chi connectivity index (χ3v) is 10.2. The summed E-state index contributed by atoms with van der Waals surface area (Å²) in [5, 5.41) is 31.4. The van der Waals surface area contributed by atoms with Crippen LogP contribution in [-0.2, 0) is 0 Å². The van der Waals surface area contributed by atoms with Gasteiger partial charge in [-0.2, -0.15) is 0 Å². The summed E-state index contributed by atoms with van der Waals surface area (Å²) in [5.41, 5.74) is 3.09. The molecule has 0 saturated heterocycles. The minimum atomic E-state index is -0.623. The Morgan fingerprint density at radius 1 is 1.09 bits per heavy atom. The first-order chi connectivity index (χ1) is 15.6. The van der Waals surface area contributed by atoms with E-state index in [0.717, 1.165) is 31.3 Å². The van der Waals surface area contributed by atoms with E-state index in [2.05, 4.69) is 53.3 Å². The van der Waals surface area contributed by atoms with Crippen molar-refractivity contribution in [1.29, 1.82) is 0 Å². The van der Waals surface area contributed by atoms with Crippen molar-refractivity contribution >= 4 is 0 Å². The van der Waals surface area contributed by atoms with Gasteiger partial charge in [0.2, 0.25) is 0 Å². The Kier molecular flexibility index (Phi) is 8.73. The molecule has 0 aromatic carbocycles. The Hall–Kier alpha value is -0.900. The van der Waals surface area contributed by atoms with E-state index < -0.39 is 17.8 Å². The van der Waals surface area contributed by atoms with Crippen LogP contribution in [0.1, 0.15) is 105 Å². The van der Waals surface area contributed by atoms with Gasteiger partial charge in [0.25, 0.3) is 0 Å². The van der Waals surface area contributed by atoms with Crippen LogP contribution in [0.5, 0.6) is 0 Å². The maximum atomic E-state index is 11.1. The molecule has 3 aliphatic carbocycles. The standard InChI is InChI=1S/C30H50O3/c1-7-23(19-30(33,8-2)9-3)20(4)25-14-15-26-24(11-10-16-29(25,26)6)13-12-22-17-27(31)21(5)28(32)18-22/h12-13,20,23,25-28,31-33H,5,7-11,14-19H2,1-4,6H3/b24-13+/t20-,23+,25-,26+,27-,28-,29-/m1/s1. The molecule has 188 valence electrons. The second-order valence-electron chi connectivity index (χ2n) is 11.8. The van der Waals surface area contributed by atoms with Crippen molar-refractivity contribution < 1.29 is 15.3 Å². The highest BCUT2D eigenvalue weighted by atomic mass is 16.3. The molecular formula is C30H50O3. The Balaban J connectivity index is 1.76. The van der Waals surface area contributed by atoms with Crippen LogP contribution >= 0.6 is 0 Å². The van der Waals surface area contributed by atoms with Gasteiger partial charge in [-0.25, -0.2) is 0 Å². The normalized spacial score (nSPS) is 36.1. The average Bonchev–Trinajstić information content (AvgIpc) is 3.16. The number of fused-ring (bicyclic) bond motifs is 1. The van der Waals surface area contributed by atoms with Gasteiger partial charge >= 0.3 is 0 Å². The molecule has 3 aliphatic rings. The van der Waals surface area contributed by atoms with Gasteiger partial charge < -0.3 is 15.3 Å². The quantitative estimate of drug-likeness (QED) is 0.353. The van der Waals surface area contributed by atoms with Crippen LogP contribution in [0, 0.1) is 29.1 Å². The number of hydrogen-bond donors (Lipinski definition) is 3. The molecule has 33 heavy (non-hydrogen) atoms. The summed E-state index contributed by atoms with van der Waals surface area (Å²) in [6.07, 6.45) is 14.5. The van der Waals surface area contributed by atoms with Gasteiger partial charge in [-0.15, -0.1) is 0 Å². The van der Waals surface area contributed by atoms with E-state index >= 15 is 0 Å². The van der Waals surface area contributed by atoms with Gasteiger partial charge in [-0.05, 0) is 98.9 Å². The number of aliphatic hydroxyl groups excluding tert-OH is 2. The molecular weight excluding hydrogens is 408 g/mol. The molecule has 0 radical (unpaired) electrons. The zero-order valence-electron chi connectivity index (χ0n) is 21.9. The van der Waals surface area contributed by atoms with E-state index in [-0.39, 0.29) is 0 Å². The fraction of sp³-hybridized carbons (Fsp3) is 0.800. The van der Waals surface area contributed by atoms with Gasteiger partial charge in [0.15, 0.2) is 0 Å². The first-order valence-corrected chi connectivity index (χ1v) is 13.7. The summed E-state index contributed by atoms with van der Waals surface area (Å²) >= 11 is 0. The van der Waals surface area contributed by atoms with Gasteiger partial charge in [-0.1, -0.05) is 70.9 Å². The molecule has 7 atom stereocenters. The molecule has 0 heterocycles. The van der Waals surface area contributed by atoms with Gasteiger partial charge in [0.05, 0.1) is 17.8 Å². The summed E-state index contributed by atoms with van der Waals surface area (Å²) in [7, 11) is 0. The summed E-state index contributed by atoms with van der Waals surface area (Å²) in [6, 6.07) is 0. The third kappa shape index (κ3) is 5.52. The lowest BCUT2D eigenvalue weighted by Gasteiger charge is -2.46. The van der Waals surface area contributed by atoms with E-state index in [1.54, 1.807) is 5.57 Å². The first kappa shape index (κ1) is 26.7. The van der Waals surface area contributed by atoms with Crippen molar-refractivity contribution in [3.8, 4) is 0 Å². The van der Waals surface area contributed by atoms with Crippen molar-refractivity contribution in [3.63, 3.8) is 0 Å². The molecule has 3 rings (SSSR count). The van der Waals surface area contributed by atoms with Crippen LogP contribution in [0.4, 0.5) is 0 Å². The number of rotatable bonds is 8. The Morgan fingerprint density at radius 2 is 1.73 bits per heavy atom. The van der Waals surface area contributed by atoms with Crippen LogP contribution < -0.4 is 0 Å². The Labute approximate surface area is 203 Å². The SMILES string of the molecule is C=C1[C@H](O)CC(=C/C=C2\CCC[C@]3(C)[C@@H]([C@H](C)[C@@H](CC)CC(O)(CC)CC)CC[C@@H]23)C[C@H]1O. The van der Waals surface area contributed by atoms with Crippen molar-refractivity contribution in [2.24, 2.45) is 29.1 Å². The predicted octanol–water partition coefficient (Wildman–Crippen LogP) is 6.73. The van der Waals surface area contributed by atoms with Crippen LogP contribution in [0.15, 0.2) is 35.5 Å². The average molecular weight is 459 g/mol. The maximum Gasteiger partial charge on any atom is 0.0809 e. The topological polar surface area (TPSA) is 60.7 Å². The molecule has 3 saturated carbocycles. The van der Waals surface area contributed by atoms with E-state index in [4.69, 9.17) is 0 Å².